The standard InChI is InChI=1S/C10H14ClF3N2.ClH/c1-9(2,3)8-4-7(5-11)16(15-8)6-10(12,13)14;/h4H,5-6H2,1-3H3;1H. The first kappa shape index (κ1) is 16.6. The Morgan fingerprint density at radius 1 is 1.29 bits per heavy atom. The second-order valence-corrected chi connectivity index (χ2v) is 4.94. The Hall–Kier alpha value is -0.420. The Balaban J connectivity index is 0.00000256. The van der Waals surface area contributed by atoms with Crippen molar-refractivity contribution >= 4 is 24.0 Å². The number of halogens is 5. The van der Waals surface area contributed by atoms with Crippen molar-refractivity contribution in [2.24, 2.45) is 0 Å². The predicted molar refractivity (Wildman–Crippen MR) is 63.8 cm³/mol. The van der Waals surface area contributed by atoms with Crippen molar-refractivity contribution in [2.45, 2.75) is 44.8 Å². The maximum absolute atomic E-state index is 12.3. The smallest absolute Gasteiger partial charge is 0.259 e. The van der Waals surface area contributed by atoms with Crippen molar-refractivity contribution in [1.82, 2.24) is 9.78 Å². The summed E-state index contributed by atoms with van der Waals surface area (Å²) in [7, 11) is 0. The maximum Gasteiger partial charge on any atom is 0.408 e. The Kier molecular flexibility index (Phi) is 5.35. The quantitative estimate of drug-likeness (QED) is 0.756. The molecule has 1 aromatic heterocycles. The Bertz CT molecular complexity index is 367. The molecule has 0 fully saturated rings. The Morgan fingerprint density at radius 2 is 1.82 bits per heavy atom. The third kappa shape index (κ3) is 4.76. The van der Waals surface area contributed by atoms with E-state index in [1.54, 1.807) is 6.07 Å². The second-order valence-electron chi connectivity index (χ2n) is 4.68. The number of aromatic nitrogens is 2. The predicted octanol–water partition coefficient (Wildman–Crippen LogP) is 3.90. The van der Waals surface area contributed by atoms with Crippen LogP contribution in [0.1, 0.15) is 32.2 Å². The van der Waals surface area contributed by atoms with E-state index in [1.807, 2.05) is 20.8 Å². The molecule has 0 atom stereocenters. The summed E-state index contributed by atoms with van der Waals surface area (Å²) in [5, 5.41) is 3.95. The van der Waals surface area contributed by atoms with Crippen LogP contribution in [0.15, 0.2) is 6.07 Å². The molecule has 0 amide bonds. The number of rotatable bonds is 2. The van der Waals surface area contributed by atoms with Gasteiger partial charge >= 0.3 is 6.18 Å². The summed E-state index contributed by atoms with van der Waals surface area (Å²) in [5.74, 6) is 0.0269. The minimum atomic E-state index is -4.28. The molecule has 0 aromatic carbocycles. The number of nitrogens with zero attached hydrogens (tertiary/aromatic N) is 2. The third-order valence-electron chi connectivity index (χ3n) is 2.10. The summed E-state index contributed by atoms with van der Waals surface area (Å²) in [4.78, 5) is 0. The van der Waals surface area contributed by atoms with Crippen molar-refractivity contribution in [3.63, 3.8) is 0 Å². The lowest BCUT2D eigenvalue weighted by atomic mass is 9.92. The van der Waals surface area contributed by atoms with E-state index in [4.69, 9.17) is 11.6 Å². The van der Waals surface area contributed by atoms with Crippen LogP contribution in [-0.4, -0.2) is 16.0 Å². The molecule has 0 aliphatic carbocycles. The van der Waals surface area contributed by atoms with Crippen LogP contribution < -0.4 is 0 Å². The Labute approximate surface area is 110 Å². The van der Waals surface area contributed by atoms with E-state index in [-0.39, 0.29) is 23.7 Å². The minimum Gasteiger partial charge on any atom is -0.259 e. The summed E-state index contributed by atoms with van der Waals surface area (Å²) in [6.45, 7) is 4.59. The van der Waals surface area contributed by atoms with Crippen LogP contribution in [0.2, 0.25) is 0 Å². The van der Waals surface area contributed by atoms with Gasteiger partial charge in [0.15, 0.2) is 0 Å². The lowest BCUT2D eigenvalue weighted by Gasteiger charge is -2.14. The highest BCUT2D eigenvalue weighted by Crippen LogP contribution is 2.25. The lowest BCUT2D eigenvalue weighted by Crippen LogP contribution is -2.21. The van der Waals surface area contributed by atoms with Crippen molar-refractivity contribution in [1.29, 1.82) is 0 Å². The molecule has 0 unspecified atom stereocenters. The molecule has 100 valence electrons. The van der Waals surface area contributed by atoms with E-state index >= 15 is 0 Å². The topological polar surface area (TPSA) is 17.8 Å². The van der Waals surface area contributed by atoms with E-state index in [2.05, 4.69) is 5.10 Å². The van der Waals surface area contributed by atoms with E-state index < -0.39 is 12.7 Å². The summed E-state index contributed by atoms with van der Waals surface area (Å²) < 4.78 is 37.7. The highest BCUT2D eigenvalue weighted by atomic mass is 35.5. The zero-order valence-corrected chi connectivity index (χ0v) is 11.4. The fourth-order valence-electron chi connectivity index (χ4n) is 1.24. The molecule has 0 radical (unpaired) electrons. The van der Waals surface area contributed by atoms with Gasteiger partial charge in [0.25, 0.3) is 0 Å². The van der Waals surface area contributed by atoms with Crippen LogP contribution in [0, 0.1) is 0 Å². The van der Waals surface area contributed by atoms with E-state index in [9.17, 15) is 13.2 Å². The van der Waals surface area contributed by atoms with Gasteiger partial charge in [-0.15, -0.1) is 24.0 Å². The Morgan fingerprint density at radius 3 is 2.18 bits per heavy atom. The molecular weight excluding hydrogens is 276 g/mol. The van der Waals surface area contributed by atoms with Gasteiger partial charge < -0.3 is 0 Å². The number of hydrogen-bond donors (Lipinski definition) is 0. The highest BCUT2D eigenvalue weighted by molar-refractivity contribution is 6.16. The van der Waals surface area contributed by atoms with Gasteiger partial charge in [-0.3, -0.25) is 4.68 Å². The average molecular weight is 291 g/mol. The number of alkyl halides is 4. The molecule has 0 bridgehead atoms. The molecule has 17 heavy (non-hydrogen) atoms. The summed E-state index contributed by atoms with van der Waals surface area (Å²) in [5.41, 5.74) is 0.730. The molecule has 0 aliphatic heterocycles. The van der Waals surface area contributed by atoms with Gasteiger partial charge in [-0.05, 0) is 6.07 Å². The monoisotopic (exact) mass is 290 g/mol. The van der Waals surface area contributed by atoms with Gasteiger partial charge in [0, 0.05) is 5.41 Å². The third-order valence-corrected chi connectivity index (χ3v) is 2.37. The van der Waals surface area contributed by atoms with Crippen molar-refractivity contribution in [2.75, 3.05) is 0 Å². The van der Waals surface area contributed by atoms with Crippen LogP contribution in [0.3, 0.4) is 0 Å². The molecule has 0 N–H and O–H groups in total. The summed E-state index contributed by atoms with van der Waals surface area (Å²) >= 11 is 5.60. The minimum absolute atomic E-state index is 0. The first-order valence-electron chi connectivity index (χ1n) is 4.83. The summed E-state index contributed by atoms with van der Waals surface area (Å²) in [6.07, 6.45) is -4.28. The van der Waals surface area contributed by atoms with Gasteiger partial charge in [-0.25, -0.2) is 0 Å². The molecule has 2 nitrogen and oxygen atoms in total. The molecule has 0 saturated heterocycles. The summed E-state index contributed by atoms with van der Waals surface area (Å²) in [6, 6.07) is 1.62. The van der Waals surface area contributed by atoms with Crippen LogP contribution in [0.25, 0.3) is 0 Å². The molecule has 0 spiro atoms. The highest BCUT2D eigenvalue weighted by Gasteiger charge is 2.30. The molecule has 1 aromatic rings. The zero-order valence-electron chi connectivity index (χ0n) is 9.81. The molecule has 1 heterocycles. The van der Waals surface area contributed by atoms with E-state index in [0.29, 0.717) is 11.4 Å². The van der Waals surface area contributed by atoms with Crippen LogP contribution in [0.5, 0.6) is 0 Å². The SMILES string of the molecule is CC(C)(C)c1cc(CCl)n(CC(F)(F)F)n1.Cl. The molecule has 0 aliphatic rings. The fourth-order valence-corrected chi connectivity index (χ4v) is 1.45. The maximum atomic E-state index is 12.3. The average Bonchev–Trinajstić information content (AvgIpc) is 2.43. The normalized spacial score (nSPS) is 12.4. The van der Waals surface area contributed by atoms with Crippen molar-refractivity contribution in [3.05, 3.63) is 17.5 Å². The van der Waals surface area contributed by atoms with Crippen LogP contribution in [-0.2, 0) is 17.8 Å². The zero-order chi connectivity index (χ0) is 12.6. The molecule has 1 rings (SSSR count). The first-order valence-corrected chi connectivity index (χ1v) is 5.37. The van der Waals surface area contributed by atoms with Gasteiger partial charge in [-0.1, -0.05) is 20.8 Å². The molecule has 0 saturated carbocycles. The van der Waals surface area contributed by atoms with Gasteiger partial charge in [0.2, 0.25) is 0 Å². The van der Waals surface area contributed by atoms with Gasteiger partial charge in [-0.2, -0.15) is 18.3 Å². The van der Waals surface area contributed by atoms with Crippen LogP contribution in [0.4, 0.5) is 13.2 Å². The van der Waals surface area contributed by atoms with E-state index in [0.717, 1.165) is 4.68 Å². The van der Waals surface area contributed by atoms with Gasteiger partial charge in [0.1, 0.15) is 6.54 Å². The van der Waals surface area contributed by atoms with E-state index in [1.165, 1.54) is 0 Å². The van der Waals surface area contributed by atoms with Crippen molar-refractivity contribution in [3.8, 4) is 0 Å². The largest absolute Gasteiger partial charge is 0.408 e. The fraction of sp³-hybridized carbons (Fsp3) is 0.700. The van der Waals surface area contributed by atoms with Gasteiger partial charge in [0.05, 0.1) is 17.3 Å². The molecular formula is C10H15Cl2F3N2. The van der Waals surface area contributed by atoms with Crippen molar-refractivity contribution < 1.29 is 13.2 Å². The second kappa shape index (κ2) is 5.48. The van der Waals surface area contributed by atoms with Crippen LogP contribution >= 0.6 is 24.0 Å². The lowest BCUT2D eigenvalue weighted by molar-refractivity contribution is -0.143. The number of hydrogen-bond acceptors (Lipinski definition) is 1. The first-order chi connectivity index (χ1) is 7.13. The molecule has 7 heteroatoms.